The topological polar surface area (TPSA) is 46.2 Å². The monoisotopic (exact) mass is 261 g/mol. The van der Waals surface area contributed by atoms with Gasteiger partial charge in [0.2, 0.25) is 0 Å². The Kier molecular flexibility index (Phi) is 8.76. The highest BCUT2D eigenvalue weighted by molar-refractivity contribution is 7.99. The predicted octanol–water partition coefficient (Wildman–Crippen LogP) is 2.99. The molecule has 92 valence electrons. The number of aliphatic hydroxyl groups is 1. The number of nitrogens with two attached hydrogens (primary N) is 1. The van der Waals surface area contributed by atoms with Crippen molar-refractivity contribution < 1.29 is 5.11 Å². The van der Waals surface area contributed by atoms with Gasteiger partial charge in [-0.1, -0.05) is 19.1 Å². The van der Waals surface area contributed by atoms with Crippen molar-refractivity contribution in [1.29, 1.82) is 0 Å². The van der Waals surface area contributed by atoms with E-state index in [9.17, 15) is 0 Å². The molecule has 0 saturated heterocycles. The van der Waals surface area contributed by atoms with Gasteiger partial charge in [-0.25, -0.2) is 0 Å². The van der Waals surface area contributed by atoms with Gasteiger partial charge in [-0.2, -0.15) is 0 Å². The first-order chi connectivity index (χ1) is 7.27. The second-order valence-corrected chi connectivity index (χ2v) is 4.81. The van der Waals surface area contributed by atoms with Crippen molar-refractivity contribution in [2.24, 2.45) is 5.73 Å². The number of hydrogen-bond donors (Lipinski definition) is 2. The van der Waals surface area contributed by atoms with Crippen LogP contribution in [-0.4, -0.2) is 17.5 Å². The molecule has 0 fully saturated rings. The Balaban J connectivity index is 0.00000225. The maximum Gasteiger partial charge on any atom is 0.0431 e. The molecule has 3 N–H and O–H groups in total. The van der Waals surface area contributed by atoms with Crippen molar-refractivity contribution in [2.45, 2.75) is 30.7 Å². The summed E-state index contributed by atoms with van der Waals surface area (Å²) in [6.07, 6.45) is 1.61. The fourth-order valence-electron chi connectivity index (χ4n) is 1.46. The maximum atomic E-state index is 8.72. The summed E-state index contributed by atoms with van der Waals surface area (Å²) in [5.74, 6) is 1.09. The first-order valence-electron chi connectivity index (χ1n) is 5.37. The molecule has 4 heteroatoms. The maximum absolute atomic E-state index is 8.72. The van der Waals surface area contributed by atoms with Gasteiger partial charge in [0, 0.05) is 17.5 Å². The molecule has 1 aromatic carbocycles. The molecule has 2 nitrogen and oxygen atoms in total. The van der Waals surface area contributed by atoms with E-state index in [1.807, 2.05) is 11.8 Å². The van der Waals surface area contributed by atoms with E-state index >= 15 is 0 Å². The molecule has 1 aromatic rings. The van der Waals surface area contributed by atoms with E-state index in [0.717, 1.165) is 24.2 Å². The largest absolute Gasteiger partial charge is 0.396 e. The molecule has 0 aliphatic carbocycles. The summed E-state index contributed by atoms with van der Waals surface area (Å²) >= 11 is 1.83. The fraction of sp³-hybridized carbons (Fsp3) is 0.500. The molecule has 1 atom stereocenters. The van der Waals surface area contributed by atoms with Crippen LogP contribution in [0.15, 0.2) is 29.2 Å². The summed E-state index contributed by atoms with van der Waals surface area (Å²) in [6.45, 7) is 2.36. The smallest absolute Gasteiger partial charge is 0.0431 e. The summed E-state index contributed by atoms with van der Waals surface area (Å²) < 4.78 is 0. The van der Waals surface area contributed by atoms with E-state index in [1.165, 1.54) is 4.90 Å². The number of thioether (sulfide) groups is 1. The highest BCUT2D eigenvalue weighted by atomic mass is 35.5. The van der Waals surface area contributed by atoms with Gasteiger partial charge in [-0.05, 0) is 36.3 Å². The van der Waals surface area contributed by atoms with E-state index in [0.29, 0.717) is 0 Å². The van der Waals surface area contributed by atoms with Gasteiger partial charge in [0.05, 0.1) is 0 Å². The third-order valence-electron chi connectivity index (χ3n) is 2.29. The Morgan fingerprint density at radius 1 is 1.31 bits per heavy atom. The summed E-state index contributed by atoms with van der Waals surface area (Å²) in [5, 5.41) is 8.72. The average molecular weight is 262 g/mol. The number of aliphatic hydroxyl groups excluding tert-OH is 1. The van der Waals surface area contributed by atoms with Crippen LogP contribution >= 0.6 is 24.2 Å². The Labute approximate surface area is 108 Å². The van der Waals surface area contributed by atoms with Crippen LogP contribution in [0.3, 0.4) is 0 Å². The van der Waals surface area contributed by atoms with Crippen LogP contribution in [0.5, 0.6) is 0 Å². The van der Waals surface area contributed by atoms with Crippen molar-refractivity contribution in [3.05, 3.63) is 29.8 Å². The number of halogens is 1. The molecule has 0 spiro atoms. The highest BCUT2D eigenvalue weighted by Crippen LogP contribution is 2.21. The molecule has 0 unspecified atom stereocenters. The van der Waals surface area contributed by atoms with E-state index in [2.05, 4.69) is 31.2 Å². The van der Waals surface area contributed by atoms with Crippen LogP contribution < -0.4 is 5.73 Å². The lowest BCUT2D eigenvalue weighted by Gasteiger charge is -2.11. The van der Waals surface area contributed by atoms with Crippen LogP contribution in [0, 0.1) is 0 Å². The van der Waals surface area contributed by atoms with Gasteiger partial charge < -0.3 is 10.8 Å². The molecule has 1 rings (SSSR count). The van der Waals surface area contributed by atoms with Crippen LogP contribution in [0.4, 0.5) is 0 Å². The van der Waals surface area contributed by atoms with Gasteiger partial charge in [-0.15, -0.1) is 24.2 Å². The Bertz CT molecular complexity index is 279. The van der Waals surface area contributed by atoms with Gasteiger partial charge in [0.15, 0.2) is 0 Å². The third kappa shape index (κ3) is 5.21. The first-order valence-corrected chi connectivity index (χ1v) is 6.35. The molecule has 0 aliphatic rings. The van der Waals surface area contributed by atoms with Gasteiger partial charge in [-0.3, -0.25) is 0 Å². The quantitative estimate of drug-likeness (QED) is 0.774. The van der Waals surface area contributed by atoms with Gasteiger partial charge >= 0.3 is 0 Å². The zero-order valence-corrected chi connectivity index (χ0v) is 11.2. The second kappa shape index (κ2) is 8.88. The minimum Gasteiger partial charge on any atom is -0.396 e. The lowest BCUT2D eigenvalue weighted by Crippen LogP contribution is -2.10. The average Bonchev–Trinajstić information content (AvgIpc) is 2.27. The van der Waals surface area contributed by atoms with Crippen molar-refractivity contribution in [3.8, 4) is 0 Å². The van der Waals surface area contributed by atoms with E-state index < -0.39 is 0 Å². The third-order valence-corrected chi connectivity index (χ3v) is 3.19. The van der Waals surface area contributed by atoms with Crippen molar-refractivity contribution in [3.63, 3.8) is 0 Å². The first kappa shape index (κ1) is 15.8. The van der Waals surface area contributed by atoms with Crippen molar-refractivity contribution >= 4 is 24.2 Å². The normalized spacial score (nSPS) is 11.9. The van der Waals surface area contributed by atoms with E-state index in [-0.39, 0.29) is 25.1 Å². The predicted molar refractivity (Wildman–Crippen MR) is 73.3 cm³/mol. The van der Waals surface area contributed by atoms with Crippen molar-refractivity contribution in [1.82, 2.24) is 0 Å². The number of rotatable bonds is 6. The number of benzene rings is 1. The molecule has 16 heavy (non-hydrogen) atoms. The van der Waals surface area contributed by atoms with Gasteiger partial charge in [0.1, 0.15) is 0 Å². The summed E-state index contributed by atoms with van der Waals surface area (Å²) in [7, 11) is 0. The highest BCUT2D eigenvalue weighted by Gasteiger charge is 2.04. The standard InChI is InChI=1S/C12H19NOS.ClH/c1-2-15-11-7-5-10(6-8-11)12(13)4-3-9-14;/h5-8,12,14H,2-4,9,13H2,1H3;1H/t12-;/m0./s1. The summed E-state index contributed by atoms with van der Waals surface area (Å²) in [6, 6.07) is 8.45. The molecule has 0 aromatic heterocycles. The van der Waals surface area contributed by atoms with Crippen LogP contribution in [0.25, 0.3) is 0 Å². The number of hydrogen-bond acceptors (Lipinski definition) is 3. The Hall–Kier alpha value is -0.220. The summed E-state index contributed by atoms with van der Waals surface area (Å²) in [4.78, 5) is 1.29. The van der Waals surface area contributed by atoms with Crippen LogP contribution in [0.1, 0.15) is 31.4 Å². The molecule has 0 saturated carbocycles. The zero-order valence-electron chi connectivity index (χ0n) is 9.56. The molecular formula is C12H20ClNOS. The molecule has 0 heterocycles. The lowest BCUT2D eigenvalue weighted by molar-refractivity contribution is 0.280. The zero-order chi connectivity index (χ0) is 11.1. The molecule has 0 amide bonds. The van der Waals surface area contributed by atoms with E-state index in [4.69, 9.17) is 10.8 Å². The lowest BCUT2D eigenvalue weighted by atomic mass is 10.0. The summed E-state index contributed by atoms with van der Waals surface area (Å²) in [5.41, 5.74) is 7.14. The second-order valence-electron chi connectivity index (χ2n) is 3.47. The van der Waals surface area contributed by atoms with Crippen molar-refractivity contribution in [2.75, 3.05) is 12.4 Å². The van der Waals surface area contributed by atoms with Gasteiger partial charge in [0.25, 0.3) is 0 Å². The Morgan fingerprint density at radius 2 is 1.94 bits per heavy atom. The SMILES string of the molecule is CCSc1ccc([C@@H](N)CCCO)cc1.Cl. The minimum absolute atomic E-state index is 0. The fourth-order valence-corrected chi connectivity index (χ4v) is 2.12. The minimum atomic E-state index is 0. The van der Waals surface area contributed by atoms with Crippen LogP contribution in [-0.2, 0) is 0 Å². The molecule has 0 radical (unpaired) electrons. The Morgan fingerprint density at radius 3 is 2.44 bits per heavy atom. The van der Waals surface area contributed by atoms with E-state index in [1.54, 1.807) is 0 Å². The molecule has 0 bridgehead atoms. The molecular weight excluding hydrogens is 242 g/mol. The van der Waals surface area contributed by atoms with Crippen LogP contribution in [0.2, 0.25) is 0 Å². The molecule has 0 aliphatic heterocycles.